The number of nitrogens with one attached hydrogen (secondary N) is 2. The highest BCUT2D eigenvalue weighted by Crippen LogP contribution is 2.20. The van der Waals surface area contributed by atoms with E-state index in [1.54, 1.807) is 4.90 Å². The van der Waals surface area contributed by atoms with Crippen molar-refractivity contribution in [2.24, 2.45) is 0 Å². The third-order valence-corrected chi connectivity index (χ3v) is 6.30. The van der Waals surface area contributed by atoms with Crippen LogP contribution in [0.5, 0.6) is 0 Å². The van der Waals surface area contributed by atoms with Gasteiger partial charge >= 0.3 is 6.03 Å². The Labute approximate surface area is 198 Å². The fraction of sp³-hybridized carbons (Fsp3) is 0.481. The van der Waals surface area contributed by atoms with E-state index in [0.717, 1.165) is 55.7 Å². The second-order valence-electron chi connectivity index (χ2n) is 9.04. The average molecular weight is 451 g/mol. The number of urea groups is 1. The summed E-state index contributed by atoms with van der Waals surface area (Å²) in [4.78, 5) is 29.7. The number of amides is 3. The molecule has 0 unspecified atom stereocenters. The fourth-order valence-electron chi connectivity index (χ4n) is 4.40. The van der Waals surface area contributed by atoms with Gasteiger partial charge in [0.1, 0.15) is 0 Å². The lowest BCUT2D eigenvalue weighted by Gasteiger charge is -2.32. The third kappa shape index (κ3) is 7.60. The second-order valence-corrected chi connectivity index (χ2v) is 9.04. The van der Waals surface area contributed by atoms with Crippen molar-refractivity contribution >= 4 is 17.6 Å². The van der Waals surface area contributed by atoms with Crippen molar-refractivity contribution in [1.82, 2.24) is 15.1 Å². The highest BCUT2D eigenvalue weighted by atomic mass is 16.2. The van der Waals surface area contributed by atoms with Crippen molar-refractivity contribution in [3.63, 3.8) is 0 Å². The molecule has 0 saturated carbocycles. The van der Waals surface area contributed by atoms with Gasteiger partial charge in [-0.1, -0.05) is 55.5 Å². The molecule has 6 nitrogen and oxygen atoms in total. The van der Waals surface area contributed by atoms with Crippen molar-refractivity contribution in [3.05, 3.63) is 65.2 Å². The van der Waals surface area contributed by atoms with Gasteiger partial charge in [0.2, 0.25) is 5.91 Å². The van der Waals surface area contributed by atoms with E-state index < -0.39 is 0 Å². The van der Waals surface area contributed by atoms with E-state index in [2.05, 4.69) is 39.8 Å². The van der Waals surface area contributed by atoms with Crippen molar-refractivity contribution in [1.29, 1.82) is 0 Å². The van der Waals surface area contributed by atoms with Gasteiger partial charge in [0.25, 0.3) is 0 Å². The minimum Gasteiger partial charge on any atom is -0.353 e. The van der Waals surface area contributed by atoms with Crippen LogP contribution in [-0.2, 0) is 11.3 Å². The maximum atomic E-state index is 12.9. The van der Waals surface area contributed by atoms with Gasteiger partial charge in [-0.3, -0.25) is 9.69 Å². The number of carbonyl (C=O) groups is 2. The monoisotopic (exact) mass is 450 g/mol. The van der Waals surface area contributed by atoms with E-state index in [-0.39, 0.29) is 18.0 Å². The second kappa shape index (κ2) is 12.4. The minimum absolute atomic E-state index is 0.0254. The number of rotatable bonds is 9. The van der Waals surface area contributed by atoms with Crippen molar-refractivity contribution in [3.8, 4) is 0 Å². The van der Waals surface area contributed by atoms with Gasteiger partial charge in [-0.15, -0.1) is 0 Å². The van der Waals surface area contributed by atoms with E-state index >= 15 is 0 Å². The van der Waals surface area contributed by atoms with Crippen LogP contribution in [0.3, 0.4) is 0 Å². The van der Waals surface area contributed by atoms with Gasteiger partial charge in [-0.2, -0.15) is 0 Å². The first-order chi connectivity index (χ1) is 16.0. The van der Waals surface area contributed by atoms with Crippen LogP contribution in [0.25, 0.3) is 0 Å². The summed E-state index contributed by atoms with van der Waals surface area (Å²) < 4.78 is 0. The molecular formula is C27H38N4O2. The molecule has 0 aromatic heterocycles. The van der Waals surface area contributed by atoms with Crippen LogP contribution in [0.1, 0.15) is 49.3 Å². The van der Waals surface area contributed by atoms with Gasteiger partial charge in [0, 0.05) is 50.9 Å². The molecule has 6 heteroatoms. The Bertz CT molecular complexity index is 887. The molecule has 0 atom stereocenters. The molecule has 1 saturated heterocycles. The highest BCUT2D eigenvalue weighted by molar-refractivity contribution is 5.91. The third-order valence-electron chi connectivity index (χ3n) is 6.30. The molecule has 2 aromatic carbocycles. The quantitative estimate of drug-likeness (QED) is 0.581. The van der Waals surface area contributed by atoms with E-state index in [4.69, 9.17) is 0 Å². The average Bonchev–Trinajstić information content (AvgIpc) is 2.81. The topological polar surface area (TPSA) is 64.7 Å². The number of likely N-dealkylation sites (tertiary alicyclic amines) is 1. The molecule has 0 aliphatic carbocycles. The summed E-state index contributed by atoms with van der Waals surface area (Å²) in [6, 6.07) is 16.6. The summed E-state index contributed by atoms with van der Waals surface area (Å²) in [5, 5.41) is 6.23. The maximum absolute atomic E-state index is 12.9. The maximum Gasteiger partial charge on any atom is 0.321 e. The predicted octanol–water partition coefficient (Wildman–Crippen LogP) is 4.72. The lowest BCUT2D eigenvalue weighted by molar-refractivity contribution is -0.122. The van der Waals surface area contributed by atoms with Crippen LogP contribution in [-0.4, -0.2) is 54.0 Å². The van der Waals surface area contributed by atoms with Gasteiger partial charge in [-0.25, -0.2) is 4.79 Å². The van der Waals surface area contributed by atoms with Crippen molar-refractivity contribution in [2.75, 3.05) is 31.5 Å². The van der Waals surface area contributed by atoms with Crippen LogP contribution < -0.4 is 10.6 Å². The van der Waals surface area contributed by atoms with Gasteiger partial charge < -0.3 is 15.5 Å². The highest BCUT2D eigenvalue weighted by Gasteiger charge is 2.22. The number of nitrogens with zero attached hydrogens (tertiary/aromatic N) is 2. The van der Waals surface area contributed by atoms with Crippen LogP contribution in [0.15, 0.2) is 48.5 Å². The number of piperidine rings is 1. The normalized spacial score (nSPS) is 14.6. The molecule has 0 radical (unpaired) electrons. The molecule has 3 rings (SSSR count). The van der Waals surface area contributed by atoms with Crippen LogP contribution in [0, 0.1) is 13.8 Å². The summed E-state index contributed by atoms with van der Waals surface area (Å²) in [7, 11) is 0. The molecule has 33 heavy (non-hydrogen) atoms. The lowest BCUT2D eigenvalue weighted by atomic mass is 10.0. The molecule has 2 aromatic rings. The van der Waals surface area contributed by atoms with Gasteiger partial charge in [-0.05, 0) is 49.8 Å². The molecule has 1 aliphatic heterocycles. The Balaban J connectivity index is 1.43. The Morgan fingerprint density at radius 3 is 2.27 bits per heavy atom. The first-order valence-corrected chi connectivity index (χ1v) is 12.1. The molecule has 2 N–H and O–H groups in total. The first-order valence-electron chi connectivity index (χ1n) is 12.1. The molecule has 0 bridgehead atoms. The van der Waals surface area contributed by atoms with Gasteiger partial charge in [0.15, 0.2) is 0 Å². The SMILES string of the molecule is CCCN(CCC(=O)NC1CCN(Cc2ccccc2)CC1)C(=O)Nc1c(C)cccc1C. The molecular weight excluding hydrogens is 412 g/mol. The van der Waals surface area contributed by atoms with Gasteiger partial charge in [0.05, 0.1) is 0 Å². The fourth-order valence-corrected chi connectivity index (χ4v) is 4.40. The van der Waals surface area contributed by atoms with E-state index in [1.807, 2.05) is 45.0 Å². The number of hydrogen-bond donors (Lipinski definition) is 2. The molecule has 3 amide bonds. The van der Waals surface area contributed by atoms with Crippen molar-refractivity contribution < 1.29 is 9.59 Å². The molecule has 178 valence electrons. The zero-order valence-electron chi connectivity index (χ0n) is 20.3. The number of benzene rings is 2. The minimum atomic E-state index is -0.142. The van der Waals surface area contributed by atoms with Crippen LogP contribution in [0.2, 0.25) is 0 Å². The summed E-state index contributed by atoms with van der Waals surface area (Å²) in [6.45, 7) is 10.0. The van der Waals surface area contributed by atoms with Crippen LogP contribution in [0.4, 0.5) is 10.5 Å². The summed E-state index contributed by atoms with van der Waals surface area (Å²) >= 11 is 0. The smallest absolute Gasteiger partial charge is 0.321 e. The Hall–Kier alpha value is -2.86. The number of aryl methyl sites for hydroxylation is 2. The summed E-state index contributed by atoms with van der Waals surface area (Å²) in [6.07, 6.45) is 3.10. The van der Waals surface area contributed by atoms with E-state index in [0.29, 0.717) is 19.5 Å². The molecule has 1 fully saturated rings. The standard InChI is InChI=1S/C27H38N4O2/c1-4-16-31(27(33)29-26-21(2)9-8-10-22(26)3)19-15-25(32)28-24-13-17-30(18-14-24)20-23-11-6-5-7-12-23/h5-12,24H,4,13-20H2,1-3H3,(H,28,32)(H,29,33). The predicted molar refractivity (Wildman–Crippen MR) is 134 cm³/mol. The largest absolute Gasteiger partial charge is 0.353 e. The summed E-state index contributed by atoms with van der Waals surface area (Å²) in [5.41, 5.74) is 4.26. The molecule has 0 spiro atoms. The van der Waals surface area contributed by atoms with E-state index in [1.165, 1.54) is 5.56 Å². The number of para-hydroxylation sites is 1. The lowest BCUT2D eigenvalue weighted by Crippen LogP contribution is -2.45. The Morgan fingerprint density at radius 1 is 0.970 bits per heavy atom. The summed E-state index contributed by atoms with van der Waals surface area (Å²) in [5.74, 6) is 0.0254. The van der Waals surface area contributed by atoms with Crippen LogP contribution >= 0.6 is 0 Å². The number of hydrogen-bond acceptors (Lipinski definition) is 3. The van der Waals surface area contributed by atoms with Crippen molar-refractivity contribution in [2.45, 2.75) is 59.0 Å². The number of anilines is 1. The van der Waals surface area contributed by atoms with E-state index in [9.17, 15) is 9.59 Å². The zero-order chi connectivity index (χ0) is 23.6. The molecule has 1 aliphatic rings. The first kappa shape index (κ1) is 24.8. The zero-order valence-corrected chi connectivity index (χ0v) is 20.3. The molecule has 1 heterocycles. The Kier molecular flexibility index (Phi) is 9.31. The number of carbonyl (C=O) groups excluding carboxylic acids is 2. The Morgan fingerprint density at radius 2 is 1.64 bits per heavy atom.